The van der Waals surface area contributed by atoms with Gasteiger partial charge >= 0.3 is 6.18 Å². The van der Waals surface area contributed by atoms with Crippen molar-refractivity contribution in [1.82, 2.24) is 0 Å². The maximum atomic E-state index is 12.1. The topological polar surface area (TPSA) is 46.2 Å². The Bertz CT molecular complexity index is 299. The van der Waals surface area contributed by atoms with Crippen LogP contribution in [0.2, 0.25) is 0 Å². The Kier molecular flexibility index (Phi) is 3.71. The molecule has 1 aromatic carbocycles. The van der Waals surface area contributed by atoms with Gasteiger partial charge in [-0.1, -0.05) is 30.3 Å². The Balaban J connectivity index is 2.61. The van der Waals surface area contributed by atoms with E-state index in [1.165, 1.54) is 0 Å². The van der Waals surface area contributed by atoms with Crippen LogP contribution in [0.1, 0.15) is 18.1 Å². The van der Waals surface area contributed by atoms with Crippen molar-refractivity contribution in [3.63, 3.8) is 0 Å². The third kappa shape index (κ3) is 3.53. The summed E-state index contributed by atoms with van der Waals surface area (Å²) in [7, 11) is 0. The van der Waals surface area contributed by atoms with Gasteiger partial charge in [0.2, 0.25) is 0 Å². The minimum absolute atomic E-state index is 0.442. The Hall–Kier alpha value is -1.07. The first-order chi connectivity index (χ1) is 6.91. The zero-order valence-electron chi connectivity index (χ0n) is 7.91. The highest BCUT2D eigenvalue weighted by atomic mass is 19.4. The summed E-state index contributed by atoms with van der Waals surface area (Å²) in [6.45, 7) is 0. The molecule has 0 amide bonds. The summed E-state index contributed by atoms with van der Waals surface area (Å²) in [4.78, 5) is 0. The number of nitrogens with two attached hydrogens (primary N) is 1. The van der Waals surface area contributed by atoms with Crippen molar-refractivity contribution < 1.29 is 18.3 Å². The fourth-order valence-electron chi connectivity index (χ4n) is 1.19. The number of benzene rings is 1. The van der Waals surface area contributed by atoms with Crippen LogP contribution in [0.3, 0.4) is 0 Å². The van der Waals surface area contributed by atoms with E-state index in [0.29, 0.717) is 5.56 Å². The van der Waals surface area contributed by atoms with E-state index in [-0.39, 0.29) is 0 Å². The van der Waals surface area contributed by atoms with Gasteiger partial charge < -0.3 is 10.8 Å². The summed E-state index contributed by atoms with van der Waals surface area (Å²) in [5, 5.41) is 9.47. The Morgan fingerprint density at radius 2 is 1.73 bits per heavy atom. The summed E-state index contributed by atoms with van der Waals surface area (Å²) in [5.41, 5.74) is 5.35. The van der Waals surface area contributed by atoms with Crippen molar-refractivity contribution >= 4 is 0 Å². The molecule has 0 heterocycles. The van der Waals surface area contributed by atoms with Gasteiger partial charge in [0.05, 0.1) is 6.10 Å². The average Bonchev–Trinajstić information content (AvgIpc) is 2.17. The standard InChI is InChI=1S/C10H12F3NO/c11-10(12,13)9(14)6-8(15)7-4-2-1-3-5-7/h1-5,8-9,15H,6,14H2. The van der Waals surface area contributed by atoms with Gasteiger partial charge in [-0.25, -0.2) is 0 Å². The summed E-state index contributed by atoms with van der Waals surface area (Å²) in [6, 6.07) is 6.16. The minimum Gasteiger partial charge on any atom is -0.388 e. The molecule has 0 spiro atoms. The highest BCUT2D eigenvalue weighted by Crippen LogP contribution is 2.26. The molecular formula is C10H12F3NO. The summed E-state index contributed by atoms with van der Waals surface area (Å²) in [6.07, 6.45) is -6.16. The van der Waals surface area contributed by atoms with Crippen molar-refractivity contribution in [3.05, 3.63) is 35.9 Å². The van der Waals surface area contributed by atoms with Gasteiger partial charge in [-0.2, -0.15) is 13.2 Å². The van der Waals surface area contributed by atoms with Gasteiger partial charge in [-0.3, -0.25) is 0 Å². The van der Waals surface area contributed by atoms with E-state index in [0.717, 1.165) is 0 Å². The third-order valence-electron chi connectivity index (χ3n) is 2.08. The first kappa shape index (κ1) is 12.0. The van der Waals surface area contributed by atoms with Crippen LogP contribution < -0.4 is 5.73 Å². The fraction of sp³-hybridized carbons (Fsp3) is 0.400. The zero-order valence-corrected chi connectivity index (χ0v) is 7.91. The lowest BCUT2D eigenvalue weighted by Gasteiger charge is -2.19. The zero-order chi connectivity index (χ0) is 11.5. The molecule has 0 fully saturated rings. The number of hydrogen-bond acceptors (Lipinski definition) is 2. The lowest BCUT2D eigenvalue weighted by atomic mass is 10.0. The number of rotatable bonds is 3. The molecule has 0 aliphatic carbocycles. The predicted octanol–water partition coefficient (Wildman–Crippen LogP) is 2.00. The monoisotopic (exact) mass is 219 g/mol. The molecule has 0 aliphatic rings. The maximum Gasteiger partial charge on any atom is 0.403 e. The van der Waals surface area contributed by atoms with Crippen LogP contribution in [0.25, 0.3) is 0 Å². The predicted molar refractivity (Wildman–Crippen MR) is 50.0 cm³/mol. The highest BCUT2D eigenvalue weighted by molar-refractivity contribution is 5.17. The maximum absolute atomic E-state index is 12.1. The Morgan fingerprint density at radius 3 is 2.20 bits per heavy atom. The van der Waals surface area contributed by atoms with Crippen molar-refractivity contribution in [1.29, 1.82) is 0 Å². The lowest BCUT2D eigenvalue weighted by molar-refractivity contribution is -0.153. The molecule has 0 aromatic heterocycles. The van der Waals surface area contributed by atoms with E-state index in [2.05, 4.69) is 0 Å². The quantitative estimate of drug-likeness (QED) is 0.816. The van der Waals surface area contributed by atoms with Gasteiger partial charge in [-0.15, -0.1) is 0 Å². The molecule has 1 rings (SSSR count). The van der Waals surface area contributed by atoms with Gasteiger partial charge in [0.25, 0.3) is 0 Å². The second-order valence-corrected chi connectivity index (χ2v) is 3.31. The SMILES string of the molecule is NC(CC(O)c1ccccc1)C(F)(F)F. The second-order valence-electron chi connectivity index (χ2n) is 3.31. The number of hydrogen-bond donors (Lipinski definition) is 2. The molecule has 15 heavy (non-hydrogen) atoms. The molecule has 2 unspecified atom stereocenters. The fourth-order valence-corrected chi connectivity index (χ4v) is 1.19. The third-order valence-corrected chi connectivity index (χ3v) is 2.08. The molecule has 0 bridgehead atoms. The number of halogens is 3. The van der Waals surface area contributed by atoms with E-state index in [1.807, 2.05) is 0 Å². The van der Waals surface area contributed by atoms with Crippen molar-refractivity contribution in [2.75, 3.05) is 0 Å². The molecule has 0 aliphatic heterocycles. The second kappa shape index (κ2) is 4.63. The number of aliphatic hydroxyl groups excluding tert-OH is 1. The van der Waals surface area contributed by atoms with E-state index >= 15 is 0 Å². The van der Waals surface area contributed by atoms with Crippen LogP contribution in [0.4, 0.5) is 13.2 Å². The summed E-state index contributed by atoms with van der Waals surface area (Å²) < 4.78 is 36.3. The minimum atomic E-state index is -4.46. The summed E-state index contributed by atoms with van der Waals surface area (Å²) in [5.74, 6) is 0. The molecule has 0 saturated carbocycles. The van der Waals surface area contributed by atoms with Gasteiger partial charge in [0.1, 0.15) is 6.04 Å². The molecule has 0 radical (unpaired) electrons. The Labute approximate surface area is 85.5 Å². The lowest BCUT2D eigenvalue weighted by Crippen LogP contribution is -2.38. The first-order valence-corrected chi connectivity index (χ1v) is 4.46. The smallest absolute Gasteiger partial charge is 0.388 e. The molecular weight excluding hydrogens is 207 g/mol. The van der Waals surface area contributed by atoms with E-state index < -0.39 is 24.7 Å². The van der Waals surface area contributed by atoms with Gasteiger partial charge in [-0.05, 0) is 5.56 Å². The number of aliphatic hydroxyl groups is 1. The molecule has 84 valence electrons. The van der Waals surface area contributed by atoms with Crippen LogP contribution in [-0.2, 0) is 0 Å². The van der Waals surface area contributed by atoms with Crippen LogP contribution in [0.15, 0.2) is 30.3 Å². The van der Waals surface area contributed by atoms with Crippen LogP contribution in [0, 0.1) is 0 Å². The Morgan fingerprint density at radius 1 is 1.20 bits per heavy atom. The van der Waals surface area contributed by atoms with Crippen molar-refractivity contribution in [2.45, 2.75) is 24.7 Å². The van der Waals surface area contributed by atoms with Crippen molar-refractivity contribution in [3.8, 4) is 0 Å². The van der Waals surface area contributed by atoms with Crippen molar-refractivity contribution in [2.24, 2.45) is 5.73 Å². The molecule has 2 atom stereocenters. The summed E-state index contributed by atoms with van der Waals surface area (Å²) >= 11 is 0. The normalized spacial score (nSPS) is 16.1. The van der Waals surface area contributed by atoms with Gasteiger partial charge in [0.15, 0.2) is 0 Å². The van der Waals surface area contributed by atoms with E-state index in [9.17, 15) is 18.3 Å². The first-order valence-electron chi connectivity index (χ1n) is 4.46. The molecule has 2 nitrogen and oxygen atoms in total. The highest BCUT2D eigenvalue weighted by Gasteiger charge is 2.37. The van der Waals surface area contributed by atoms with Gasteiger partial charge in [0, 0.05) is 6.42 Å². The molecule has 0 saturated heterocycles. The molecule has 1 aromatic rings. The largest absolute Gasteiger partial charge is 0.403 e. The van der Waals surface area contributed by atoms with Crippen LogP contribution >= 0.6 is 0 Å². The molecule has 3 N–H and O–H groups in total. The average molecular weight is 219 g/mol. The van der Waals surface area contributed by atoms with E-state index in [4.69, 9.17) is 5.73 Å². The number of alkyl halides is 3. The molecule has 5 heteroatoms. The van der Waals surface area contributed by atoms with Crippen LogP contribution in [0.5, 0.6) is 0 Å². The van der Waals surface area contributed by atoms with E-state index in [1.54, 1.807) is 30.3 Å². The van der Waals surface area contributed by atoms with Crippen LogP contribution in [-0.4, -0.2) is 17.3 Å².